The van der Waals surface area contributed by atoms with Gasteiger partial charge in [-0.1, -0.05) is 29.8 Å². The SMILES string of the molecule is Cc1ccc(/C(F)=C(\F)C(=O)Oc2cc(F)c(C)c(F)c2)cc1. The first kappa shape index (κ1) is 16.7. The number of benzene rings is 2. The van der Waals surface area contributed by atoms with Crippen LogP contribution in [-0.2, 0) is 4.79 Å². The van der Waals surface area contributed by atoms with E-state index in [-0.39, 0.29) is 11.1 Å². The summed E-state index contributed by atoms with van der Waals surface area (Å²) >= 11 is 0. The summed E-state index contributed by atoms with van der Waals surface area (Å²) in [6.07, 6.45) is 0. The molecule has 2 aromatic rings. The zero-order valence-electron chi connectivity index (χ0n) is 12.3. The molecule has 6 heteroatoms. The summed E-state index contributed by atoms with van der Waals surface area (Å²) in [7, 11) is 0. The molecular formula is C17H12F4O2. The van der Waals surface area contributed by atoms with Gasteiger partial charge in [-0.25, -0.2) is 18.0 Å². The van der Waals surface area contributed by atoms with Crippen molar-refractivity contribution in [2.75, 3.05) is 0 Å². The fourth-order valence-electron chi connectivity index (χ4n) is 1.75. The molecule has 0 bridgehead atoms. The van der Waals surface area contributed by atoms with E-state index in [0.717, 1.165) is 5.56 Å². The van der Waals surface area contributed by atoms with E-state index >= 15 is 0 Å². The molecule has 2 nitrogen and oxygen atoms in total. The molecule has 0 aliphatic rings. The van der Waals surface area contributed by atoms with Crippen molar-refractivity contribution >= 4 is 11.8 Å². The van der Waals surface area contributed by atoms with Crippen LogP contribution in [0.5, 0.6) is 5.75 Å². The van der Waals surface area contributed by atoms with Crippen molar-refractivity contribution in [2.45, 2.75) is 13.8 Å². The maximum Gasteiger partial charge on any atom is 0.375 e. The van der Waals surface area contributed by atoms with Crippen molar-refractivity contribution in [3.8, 4) is 5.75 Å². The van der Waals surface area contributed by atoms with Crippen LogP contribution in [0.4, 0.5) is 17.6 Å². The minimum Gasteiger partial charge on any atom is -0.421 e. The molecule has 0 heterocycles. The maximum atomic E-state index is 13.9. The molecule has 120 valence electrons. The molecule has 0 saturated carbocycles. The van der Waals surface area contributed by atoms with Crippen molar-refractivity contribution in [1.29, 1.82) is 0 Å². The molecule has 0 saturated heterocycles. The van der Waals surface area contributed by atoms with Crippen molar-refractivity contribution in [1.82, 2.24) is 0 Å². The second-order valence-electron chi connectivity index (χ2n) is 4.90. The van der Waals surface area contributed by atoms with Gasteiger partial charge < -0.3 is 4.74 Å². The van der Waals surface area contributed by atoms with E-state index in [4.69, 9.17) is 0 Å². The van der Waals surface area contributed by atoms with Gasteiger partial charge in [0, 0.05) is 23.3 Å². The third kappa shape index (κ3) is 3.77. The average Bonchev–Trinajstić information content (AvgIpc) is 2.51. The maximum absolute atomic E-state index is 13.9. The topological polar surface area (TPSA) is 26.3 Å². The second-order valence-corrected chi connectivity index (χ2v) is 4.90. The molecule has 0 aliphatic heterocycles. The van der Waals surface area contributed by atoms with Gasteiger partial charge in [0.05, 0.1) is 0 Å². The number of aryl methyl sites for hydroxylation is 1. The zero-order valence-corrected chi connectivity index (χ0v) is 12.3. The molecule has 0 fully saturated rings. The molecule has 0 aromatic heterocycles. The Balaban J connectivity index is 2.25. The summed E-state index contributed by atoms with van der Waals surface area (Å²) in [4.78, 5) is 11.6. The van der Waals surface area contributed by atoms with E-state index in [1.807, 2.05) is 0 Å². The average molecular weight is 324 g/mol. The summed E-state index contributed by atoms with van der Waals surface area (Å²) in [5, 5.41) is 0. The zero-order chi connectivity index (χ0) is 17.1. The molecule has 0 atom stereocenters. The predicted octanol–water partition coefficient (Wildman–Crippen LogP) is 4.79. The van der Waals surface area contributed by atoms with Gasteiger partial charge in [-0.3, -0.25) is 0 Å². The van der Waals surface area contributed by atoms with Crippen LogP contribution in [0.15, 0.2) is 42.2 Å². The quantitative estimate of drug-likeness (QED) is 0.351. The van der Waals surface area contributed by atoms with E-state index in [2.05, 4.69) is 4.74 Å². The number of hydrogen-bond donors (Lipinski definition) is 0. The fourth-order valence-corrected chi connectivity index (χ4v) is 1.75. The number of carbonyl (C=O) groups is 1. The van der Waals surface area contributed by atoms with Crippen LogP contribution in [0.3, 0.4) is 0 Å². The number of esters is 1. The summed E-state index contributed by atoms with van der Waals surface area (Å²) in [6, 6.07) is 7.10. The summed E-state index contributed by atoms with van der Waals surface area (Å²) in [6.45, 7) is 2.95. The third-order valence-corrected chi connectivity index (χ3v) is 3.14. The van der Waals surface area contributed by atoms with Crippen molar-refractivity contribution < 1.29 is 27.1 Å². The van der Waals surface area contributed by atoms with Crippen LogP contribution in [-0.4, -0.2) is 5.97 Å². The standard InChI is InChI=1S/C17H12F4O2/c1-9-3-5-11(6-4-9)15(20)16(21)17(22)23-12-7-13(18)10(2)14(19)8-12/h3-8H,1-2H3/b16-15+. The van der Waals surface area contributed by atoms with Crippen LogP contribution in [0.2, 0.25) is 0 Å². The number of halogens is 4. The molecule has 0 radical (unpaired) electrons. The van der Waals surface area contributed by atoms with E-state index in [0.29, 0.717) is 12.1 Å². The Morgan fingerprint density at radius 3 is 2.00 bits per heavy atom. The normalized spacial score (nSPS) is 11.9. The number of hydrogen-bond acceptors (Lipinski definition) is 2. The lowest BCUT2D eigenvalue weighted by molar-refractivity contribution is -0.131. The molecule has 23 heavy (non-hydrogen) atoms. The minimum atomic E-state index is -1.78. The predicted molar refractivity (Wildman–Crippen MR) is 77.0 cm³/mol. The van der Waals surface area contributed by atoms with Crippen LogP contribution < -0.4 is 4.74 Å². The van der Waals surface area contributed by atoms with Crippen LogP contribution >= 0.6 is 0 Å². The van der Waals surface area contributed by atoms with Gasteiger partial charge in [0.2, 0.25) is 5.83 Å². The van der Waals surface area contributed by atoms with Gasteiger partial charge in [-0.2, -0.15) is 4.39 Å². The number of carbonyl (C=O) groups excluding carboxylic acids is 1. The Labute approximate surface area is 130 Å². The molecule has 0 N–H and O–H groups in total. The lowest BCUT2D eigenvalue weighted by Crippen LogP contribution is -2.10. The smallest absolute Gasteiger partial charge is 0.375 e. The molecular weight excluding hydrogens is 312 g/mol. The minimum absolute atomic E-state index is 0.147. The number of rotatable bonds is 3. The van der Waals surface area contributed by atoms with Crippen LogP contribution in [0.25, 0.3) is 5.83 Å². The highest BCUT2D eigenvalue weighted by atomic mass is 19.2. The van der Waals surface area contributed by atoms with Crippen molar-refractivity contribution in [2.24, 2.45) is 0 Å². The number of ether oxygens (including phenoxy) is 1. The highest BCUT2D eigenvalue weighted by Gasteiger charge is 2.20. The first-order valence-corrected chi connectivity index (χ1v) is 6.59. The Morgan fingerprint density at radius 1 is 0.957 bits per heavy atom. The first-order valence-electron chi connectivity index (χ1n) is 6.59. The summed E-state index contributed by atoms with van der Waals surface area (Å²) < 4.78 is 58.8. The lowest BCUT2D eigenvalue weighted by Gasteiger charge is -2.06. The third-order valence-electron chi connectivity index (χ3n) is 3.14. The van der Waals surface area contributed by atoms with Crippen LogP contribution in [0.1, 0.15) is 16.7 Å². The molecule has 0 amide bonds. The monoisotopic (exact) mass is 324 g/mol. The second kappa shape index (κ2) is 6.64. The highest BCUT2D eigenvalue weighted by Crippen LogP contribution is 2.25. The van der Waals surface area contributed by atoms with Gasteiger partial charge in [0.25, 0.3) is 0 Å². The van der Waals surface area contributed by atoms with Crippen molar-refractivity contribution in [3.05, 3.63) is 70.5 Å². The Kier molecular flexibility index (Phi) is 4.83. The Bertz CT molecular complexity index is 757. The molecule has 0 spiro atoms. The first-order chi connectivity index (χ1) is 10.8. The van der Waals surface area contributed by atoms with Crippen molar-refractivity contribution in [3.63, 3.8) is 0 Å². The molecule has 0 unspecified atom stereocenters. The van der Waals surface area contributed by atoms with Gasteiger partial charge in [-0.05, 0) is 13.8 Å². The van der Waals surface area contributed by atoms with Gasteiger partial charge >= 0.3 is 5.97 Å². The van der Waals surface area contributed by atoms with E-state index in [1.165, 1.54) is 31.2 Å². The summed E-state index contributed by atoms with van der Waals surface area (Å²) in [5.41, 5.74) is 0.410. The lowest BCUT2D eigenvalue weighted by atomic mass is 10.1. The molecule has 2 rings (SSSR count). The van der Waals surface area contributed by atoms with E-state index < -0.39 is 35.0 Å². The fraction of sp³-hybridized carbons (Fsp3) is 0.118. The Morgan fingerprint density at radius 2 is 1.48 bits per heavy atom. The van der Waals surface area contributed by atoms with Gasteiger partial charge in [-0.15, -0.1) is 0 Å². The van der Waals surface area contributed by atoms with Gasteiger partial charge in [0.15, 0.2) is 5.83 Å². The van der Waals surface area contributed by atoms with Gasteiger partial charge in [0.1, 0.15) is 17.4 Å². The van der Waals surface area contributed by atoms with Crippen LogP contribution in [0, 0.1) is 25.5 Å². The molecule has 0 aliphatic carbocycles. The summed E-state index contributed by atoms with van der Waals surface area (Å²) in [5.74, 6) is -7.35. The molecule has 2 aromatic carbocycles. The van der Waals surface area contributed by atoms with E-state index in [1.54, 1.807) is 6.92 Å². The Hall–Kier alpha value is -2.63. The van der Waals surface area contributed by atoms with E-state index in [9.17, 15) is 22.4 Å². The largest absolute Gasteiger partial charge is 0.421 e. The highest BCUT2D eigenvalue weighted by molar-refractivity contribution is 5.94.